The van der Waals surface area contributed by atoms with Gasteiger partial charge in [-0.25, -0.2) is 9.48 Å². The van der Waals surface area contributed by atoms with Crippen LogP contribution in [0, 0.1) is 0 Å². The molecule has 4 amide bonds. The number of nitrogens with two attached hydrogens (primary N) is 1. The SMILES string of the molecule is CC(C)NC(=O)Nc1ccc(C(=O)Nc2ccc(-n3ccc(C(N)=O)n3)cc2)cc1. The third-order valence-electron chi connectivity index (χ3n) is 4.06. The molecule has 0 spiro atoms. The predicted octanol–water partition coefficient (Wildman–Crippen LogP) is 2.75. The quantitative estimate of drug-likeness (QED) is 0.501. The predicted molar refractivity (Wildman–Crippen MR) is 114 cm³/mol. The number of nitrogens with zero attached hydrogens (tertiary/aromatic N) is 2. The summed E-state index contributed by atoms with van der Waals surface area (Å²) in [6, 6.07) is 14.8. The molecule has 0 bridgehead atoms. The second kappa shape index (κ2) is 8.91. The number of urea groups is 1. The zero-order valence-electron chi connectivity index (χ0n) is 16.5. The van der Waals surface area contributed by atoms with Gasteiger partial charge >= 0.3 is 6.03 Å². The van der Waals surface area contributed by atoms with E-state index in [9.17, 15) is 14.4 Å². The van der Waals surface area contributed by atoms with Gasteiger partial charge in [-0.15, -0.1) is 0 Å². The molecule has 0 atom stereocenters. The summed E-state index contributed by atoms with van der Waals surface area (Å²) < 4.78 is 1.52. The van der Waals surface area contributed by atoms with E-state index in [-0.39, 0.29) is 23.7 Å². The summed E-state index contributed by atoms with van der Waals surface area (Å²) in [5, 5.41) is 12.3. The van der Waals surface area contributed by atoms with Gasteiger partial charge in [-0.2, -0.15) is 5.10 Å². The van der Waals surface area contributed by atoms with E-state index in [1.165, 1.54) is 10.7 Å². The number of aromatic nitrogens is 2. The largest absolute Gasteiger partial charge is 0.364 e. The lowest BCUT2D eigenvalue weighted by molar-refractivity contribution is 0.0993. The van der Waals surface area contributed by atoms with Crippen LogP contribution in [0.15, 0.2) is 60.8 Å². The number of carbonyl (C=O) groups is 3. The van der Waals surface area contributed by atoms with Gasteiger partial charge in [0.1, 0.15) is 5.69 Å². The first kappa shape index (κ1) is 20.6. The summed E-state index contributed by atoms with van der Waals surface area (Å²) in [7, 11) is 0. The minimum absolute atomic E-state index is 0.0277. The van der Waals surface area contributed by atoms with Crippen LogP contribution in [-0.4, -0.2) is 33.7 Å². The van der Waals surface area contributed by atoms with Gasteiger partial charge in [0.05, 0.1) is 5.69 Å². The highest BCUT2D eigenvalue weighted by Gasteiger charge is 2.09. The monoisotopic (exact) mass is 406 g/mol. The third-order valence-corrected chi connectivity index (χ3v) is 4.06. The number of rotatable bonds is 6. The lowest BCUT2D eigenvalue weighted by Gasteiger charge is -2.11. The van der Waals surface area contributed by atoms with Crippen LogP contribution in [0.1, 0.15) is 34.7 Å². The van der Waals surface area contributed by atoms with Crippen LogP contribution in [0.5, 0.6) is 0 Å². The molecule has 2 aromatic carbocycles. The molecule has 1 aromatic heterocycles. The molecular formula is C21H22N6O3. The van der Waals surface area contributed by atoms with E-state index in [2.05, 4.69) is 21.0 Å². The van der Waals surface area contributed by atoms with E-state index in [0.29, 0.717) is 16.9 Å². The highest BCUT2D eigenvalue weighted by Crippen LogP contribution is 2.16. The maximum absolute atomic E-state index is 12.4. The smallest absolute Gasteiger partial charge is 0.319 e. The Morgan fingerprint density at radius 3 is 2.07 bits per heavy atom. The first-order valence-electron chi connectivity index (χ1n) is 9.26. The fraction of sp³-hybridized carbons (Fsp3) is 0.143. The molecule has 0 unspecified atom stereocenters. The Labute approximate surface area is 173 Å². The molecule has 30 heavy (non-hydrogen) atoms. The van der Waals surface area contributed by atoms with Crippen molar-refractivity contribution < 1.29 is 14.4 Å². The zero-order valence-corrected chi connectivity index (χ0v) is 16.5. The van der Waals surface area contributed by atoms with Crippen molar-refractivity contribution in [3.8, 4) is 5.69 Å². The average Bonchev–Trinajstić information content (AvgIpc) is 3.19. The maximum Gasteiger partial charge on any atom is 0.319 e. The molecule has 3 rings (SSSR count). The highest BCUT2D eigenvalue weighted by molar-refractivity contribution is 6.04. The summed E-state index contributed by atoms with van der Waals surface area (Å²) in [5.74, 6) is -0.879. The normalized spacial score (nSPS) is 10.5. The molecular weight excluding hydrogens is 384 g/mol. The first-order chi connectivity index (χ1) is 14.3. The highest BCUT2D eigenvalue weighted by atomic mass is 16.2. The van der Waals surface area contributed by atoms with Crippen LogP contribution < -0.4 is 21.7 Å². The van der Waals surface area contributed by atoms with Crippen molar-refractivity contribution in [1.82, 2.24) is 15.1 Å². The van der Waals surface area contributed by atoms with Crippen molar-refractivity contribution in [2.24, 2.45) is 5.73 Å². The van der Waals surface area contributed by atoms with E-state index >= 15 is 0 Å². The van der Waals surface area contributed by atoms with Crippen LogP contribution in [0.3, 0.4) is 0 Å². The van der Waals surface area contributed by atoms with Crippen molar-refractivity contribution in [2.75, 3.05) is 10.6 Å². The van der Waals surface area contributed by atoms with Crippen LogP contribution in [-0.2, 0) is 0 Å². The Morgan fingerprint density at radius 2 is 1.50 bits per heavy atom. The van der Waals surface area contributed by atoms with Crippen LogP contribution in [0.25, 0.3) is 5.69 Å². The van der Waals surface area contributed by atoms with Crippen molar-refractivity contribution >= 4 is 29.2 Å². The van der Waals surface area contributed by atoms with Crippen molar-refractivity contribution in [3.05, 3.63) is 72.1 Å². The Balaban J connectivity index is 1.61. The van der Waals surface area contributed by atoms with Crippen LogP contribution >= 0.6 is 0 Å². The Morgan fingerprint density at radius 1 is 0.900 bits per heavy atom. The number of benzene rings is 2. The van der Waals surface area contributed by atoms with Gasteiger partial charge in [-0.1, -0.05) is 0 Å². The van der Waals surface area contributed by atoms with Gasteiger partial charge in [0.15, 0.2) is 0 Å². The van der Waals surface area contributed by atoms with Crippen LogP contribution in [0.2, 0.25) is 0 Å². The molecule has 3 aromatic rings. The number of amides is 4. The second-order valence-corrected chi connectivity index (χ2v) is 6.84. The molecule has 154 valence electrons. The molecule has 5 N–H and O–H groups in total. The van der Waals surface area contributed by atoms with Crippen LogP contribution in [0.4, 0.5) is 16.2 Å². The number of nitrogens with one attached hydrogen (secondary N) is 3. The molecule has 0 aliphatic rings. The Kier molecular flexibility index (Phi) is 6.11. The summed E-state index contributed by atoms with van der Waals surface area (Å²) in [6.45, 7) is 3.74. The summed E-state index contributed by atoms with van der Waals surface area (Å²) >= 11 is 0. The fourth-order valence-corrected chi connectivity index (χ4v) is 2.63. The lowest BCUT2D eigenvalue weighted by atomic mass is 10.2. The van der Waals surface area contributed by atoms with Gasteiger partial charge in [-0.3, -0.25) is 9.59 Å². The minimum Gasteiger partial charge on any atom is -0.364 e. The second-order valence-electron chi connectivity index (χ2n) is 6.84. The fourth-order valence-electron chi connectivity index (χ4n) is 2.63. The number of primary amides is 1. The van der Waals surface area contributed by atoms with E-state index in [4.69, 9.17) is 5.73 Å². The Bertz CT molecular complexity index is 1060. The number of hydrogen-bond acceptors (Lipinski definition) is 4. The lowest BCUT2D eigenvalue weighted by Crippen LogP contribution is -2.34. The van der Waals surface area contributed by atoms with E-state index in [0.717, 1.165) is 5.69 Å². The first-order valence-corrected chi connectivity index (χ1v) is 9.26. The summed E-state index contributed by atoms with van der Waals surface area (Å²) in [6.07, 6.45) is 1.63. The number of anilines is 2. The standard InChI is InChI=1S/C21H22N6O3/c1-13(2)23-21(30)25-16-5-3-14(4-6-16)20(29)24-15-7-9-17(10-8-15)27-12-11-18(26-27)19(22)28/h3-13H,1-2H3,(H2,22,28)(H,24,29)(H2,23,25,30). The minimum atomic E-state index is -0.598. The van der Waals surface area contributed by atoms with Gasteiger partial charge in [0.25, 0.3) is 11.8 Å². The molecule has 1 heterocycles. The van der Waals surface area contributed by atoms with Gasteiger partial charge in [0, 0.05) is 29.2 Å². The van der Waals surface area contributed by atoms with E-state index < -0.39 is 5.91 Å². The van der Waals surface area contributed by atoms with Crippen molar-refractivity contribution in [1.29, 1.82) is 0 Å². The van der Waals surface area contributed by atoms with Crippen molar-refractivity contribution in [2.45, 2.75) is 19.9 Å². The van der Waals surface area contributed by atoms with Gasteiger partial charge < -0.3 is 21.7 Å². The van der Waals surface area contributed by atoms with E-state index in [1.54, 1.807) is 54.7 Å². The number of carbonyl (C=O) groups excluding carboxylic acids is 3. The molecule has 0 radical (unpaired) electrons. The maximum atomic E-state index is 12.4. The molecule has 9 heteroatoms. The summed E-state index contributed by atoms with van der Waals surface area (Å²) in [4.78, 5) is 35.3. The third kappa shape index (κ3) is 5.22. The van der Waals surface area contributed by atoms with Gasteiger partial charge in [-0.05, 0) is 68.4 Å². The van der Waals surface area contributed by atoms with Gasteiger partial charge in [0.2, 0.25) is 0 Å². The Hall–Kier alpha value is -4.14. The molecule has 9 nitrogen and oxygen atoms in total. The molecule has 0 aliphatic heterocycles. The van der Waals surface area contributed by atoms with E-state index in [1.807, 2.05) is 13.8 Å². The summed E-state index contributed by atoms with van der Waals surface area (Å²) in [5.41, 5.74) is 7.74. The van der Waals surface area contributed by atoms with Crippen molar-refractivity contribution in [3.63, 3.8) is 0 Å². The number of hydrogen-bond donors (Lipinski definition) is 4. The zero-order chi connectivity index (χ0) is 21.7. The molecule has 0 aliphatic carbocycles. The molecule has 0 fully saturated rings. The molecule has 0 saturated heterocycles. The molecule has 0 saturated carbocycles. The average molecular weight is 406 g/mol. The topological polar surface area (TPSA) is 131 Å².